The SMILES string of the molecule is O=C(NCc1cn(Cc2ccccc2)nc1-c1ccccc1)C1CCCCN1C(=O)c1cccs1. The predicted octanol–water partition coefficient (Wildman–Crippen LogP) is 4.97. The molecular formula is C28H28N4O2S. The van der Waals surface area contributed by atoms with Crippen LogP contribution in [-0.4, -0.2) is 39.1 Å². The number of thiophene rings is 1. The molecule has 3 heterocycles. The summed E-state index contributed by atoms with van der Waals surface area (Å²) in [5.41, 5.74) is 3.98. The van der Waals surface area contributed by atoms with E-state index in [4.69, 9.17) is 5.10 Å². The summed E-state index contributed by atoms with van der Waals surface area (Å²) in [6, 6.07) is 23.5. The van der Waals surface area contributed by atoms with E-state index in [-0.39, 0.29) is 11.8 Å². The maximum Gasteiger partial charge on any atom is 0.264 e. The van der Waals surface area contributed by atoms with Gasteiger partial charge in [-0.05, 0) is 36.3 Å². The largest absolute Gasteiger partial charge is 0.350 e. The molecule has 5 rings (SSSR count). The standard InChI is InChI=1S/C28H28N4O2S/c33-27(24-14-7-8-16-32(24)28(34)25-15-9-17-35-25)29-18-23-20-31(19-21-10-3-1-4-11-21)30-26(23)22-12-5-2-6-13-22/h1-6,9-13,15,17,20,24H,7-8,14,16,18-19H2,(H,29,33). The van der Waals surface area contributed by atoms with Gasteiger partial charge in [-0.2, -0.15) is 5.10 Å². The molecule has 1 fully saturated rings. The fourth-order valence-corrected chi connectivity index (χ4v) is 5.25. The number of amides is 2. The number of hydrogen-bond acceptors (Lipinski definition) is 4. The quantitative estimate of drug-likeness (QED) is 0.403. The number of nitrogens with one attached hydrogen (secondary N) is 1. The van der Waals surface area contributed by atoms with Crippen LogP contribution in [0.3, 0.4) is 0 Å². The summed E-state index contributed by atoms with van der Waals surface area (Å²) in [5, 5.41) is 9.84. The molecule has 178 valence electrons. The highest BCUT2D eigenvalue weighted by Crippen LogP contribution is 2.24. The molecule has 7 heteroatoms. The molecule has 35 heavy (non-hydrogen) atoms. The normalized spacial score (nSPS) is 15.7. The second-order valence-electron chi connectivity index (χ2n) is 8.76. The highest BCUT2D eigenvalue weighted by atomic mass is 32.1. The molecule has 4 aromatic rings. The lowest BCUT2D eigenvalue weighted by atomic mass is 10.0. The first-order valence-electron chi connectivity index (χ1n) is 12.0. The van der Waals surface area contributed by atoms with E-state index in [1.165, 1.54) is 11.3 Å². The zero-order valence-electron chi connectivity index (χ0n) is 19.5. The molecule has 1 aliphatic rings. The van der Waals surface area contributed by atoms with Crippen LogP contribution in [0, 0.1) is 0 Å². The fraction of sp³-hybridized carbons (Fsp3) is 0.250. The zero-order chi connectivity index (χ0) is 24.0. The summed E-state index contributed by atoms with van der Waals surface area (Å²) in [6.07, 6.45) is 4.55. The molecular weight excluding hydrogens is 456 g/mol. The van der Waals surface area contributed by atoms with E-state index in [9.17, 15) is 9.59 Å². The number of likely N-dealkylation sites (tertiary alicyclic amines) is 1. The zero-order valence-corrected chi connectivity index (χ0v) is 20.3. The summed E-state index contributed by atoms with van der Waals surface area (Å²) in [7, 11) is 0. The lowest BCUT2D eigenvalue weighted by molar-refractivity contribution is -0.126. The van der Waals surface area contributed by atoms with Gasteiger partial charge in [0.25, 0.3) is 5.91 Å². The first kappa shape index (κ1) is 23.1. The molecule has 0 spiro atoms. The van der Waals surface area contributed by atoms with Crippen LogP contribution in [0.2, 0.25) is 0 Å². The van der Waals surface area contributed by atoms with Crippen LogP contribution < -0.4 is 5.32 Å². The predicted molar refractivity (Wildman–Crippen MR) is 138 cm³/mol. The van der Waals surface area contributed by atoms with Crippen molar-refractivity contribution >= 4 is 23.2 Å². The van der Waals surface area contributed by atoms with E-state index in [0.29, 0.717) is 30.9 Å². The summed E-state index contributed by atoms with van der Waals surface area (Å²) in [6.45, 7) is 1.62. The molecule has 2 aromatic heterocycles. The van der Waals surface area contributed by atoms with Crippen molar-refractivity contribution < 1.29 is 9.59 Å². The third-order valence-electron chi connectivity index (χ3n) is 6.32. The second kappa shape index (κ2) is 10.7. The third kappa shape index (κ3) is 5.35. The van der Waals surface area contributed by atoms with Gasteiger partial charge in [-0.1, -0.05) is 66.7 Å². The number of benzene rings is 2. The van der Waals surface area contributed by atoms with Gasteiger partial charge in [0.1, 0.15) is 6.04 Å². The lowest BCUT2D eigenvalue weighted by Crippen LogP contribution is -2.51. The van der Waals surface area contributed by atoms with Crippen molar-refractivity contribution in [2.45, 2.75) is 38.4 Å². The van der Waals surface area contributed by atoms with Crippen molar-refractivity contribution in [2.75, 3.05) is 6.54 Å². The highest BCUT2D eigenvalue weighted by molar-refractivity contribution is 7.12. The number of carbonyl (C=O) groups is 2. The fourth-order valence-electron chi connectivity index (χ4n) is 4.57. The minimum atomic E-state index is -0.446. The number of rotatable bonds is 7. The van der Waals surface area contributed by atoms with Gasteiger partial charge in [-0.3, -0.25) is 14.3 Å². The van der Waals surface area contributed by atoms with Crippen LogP contribution in [-0.2, 0) is 17.9 Å². The molecule has 1 N–H and O–H groups in total. The van der Waals surface area contributed by atoms with Gasteiger partial charge in [0, 0.05) is 30.4 Å². The average molecular weight is 485 g/mol. The molecule has 0 bridgehead atoms. The van der Waals surface area contributed by atoms with Crippen molar-refractivity contribution in [3.63, 3.8) is 0 Å². The Hall–Kier alpha value is -3.71. The monoisotopic (exact) mass is 484 g/mol. The van der Waals surface area contributed by atoms with Gasteiger partial charge >= 0.3 is 0 Å². The summed E-state index contributed by atoms with van der Waals surface area (Å²) in [5.74, 6) is -0.162. The Balaban J connectivity index is 1.34. The van der Waals surface area contributed by atoms with Gasteiger partial charge in [0.05, 0.1) is 17.1 Å². The number of piperidine rings is 1. The molecule has 0 radical (unpaired) electrons. The molecule has 2 amide bonds. The second-order valence-corrected chi connectivity index (χ2v) is 9.71. The molecule has 0 aliphatic carbocycles. The molecule has 2 aromatic carbocycles. The van der Waals surface area contributed by atoms with Gasteiger partial charge in [0.15, 0.2) is 0 Å². The first-order chi connectivity index (χ1) is 17.2. The van der Waals surface area contributed by atoms with E-state index >= 15 is 0 Å². The van der Waals surface area contributed by atoms with Crippen LogP contribution in [0.25, 0.3) is 11.3 Å². The lowest BCUT2D eigenvalue weighted by Gasteiger charge is -2.34. The van der Waals surface area contributed by atoms with Crippen molar-refractivity contribution in [1.82, 2.24) is 20.0 Å². The number of hydrogen-bond donors (Lipinski definition) is 1. The van der Waals surface area contributed by atoms with Crippen LogP contribution in [0.15, 0.2) is 84.4 Å². The number of nitrogens with zero attached hydrogens (tertiary/aromatic N) is 3. The Labute approximate surface area is 209 Å². The van der Waals surface area contributed by atoms with Gasteiger partial charge in [0.2, 0.25) is 5.91 Å². The van der Waals surface area contributed by atoms with Crippen molar-refractivity contribution in [2.24, 2.45) is 0 Å². The summed E-state index contributed by atoms with van der Waals surface area (Å²) in [4.78, 5) is 28.7. The maximum absolute atomic E-state index is 13.3. The molecule has 1 atom stereocenters. The Morgan fingerprint density at radius 2 is 1.74 bits per heavy atom. The van der Waals surface area contributed by atoms with E-state index in [0.717, 1.165) is 35.2 Å². The Morgan fingerprint density at radius 1 is 0.971 bits per heavy atom. The van der Waals surface area contributed by atoms with E-state index < -0.39 is 6.04 Å². The average Bonchev–Trinajstić information content (AvgIpc) is 3.59. The smallest absolute Gasteiger partial charge is 0.264 e. The Kier molecular flexibility index (Phi) is 7.04. The minimum Gasteiger partial charge on any atom is -0.350 e. The van der Waals surface area contributed by atoms with Crippen molar-refractivity contribution in [3.8, 4) is 11.3 Å². The van der Waals surface area contributed by atoms with Crippen LogP contribution >= 0.6 is 11.3 Å². The third-order valence-corrected chi connectivity index (χ3v) is 7.18. The van der Waals surface area contributed by atoms with E-state index in [1.54, 1.807) is 4.90 Å². The summed E-state index contributed by atoms with van der Waals surface area (Å²) < 4.78 is 1.92. The van der Waals surface area contributed by atoms with Crippen LogP contribution in [0.4, 0.5) is 0 Å². The Morgan fingerprint density at radius 3 is 2.49 bits per heavy atom. The number of aromatic nitrogens is 2. The minimum absolute atomic E-state index is 0.0551. The highest BCUT2D eigenvalue weighted by Gasteiger charge is 2.33. The maximum atomic E-state index is 13.3. The number of carbonyl (C=O) groups excluding carboxylic acids is 2. The van der Waals surface area contributed by atoms with Crippen LogP contribution in [0.1, 0.15) is 40.1 Å². The Bertz CT molecular complexity index is 1270. The van der Waals surface area contributed by atoms with Crippen molar-refractivity contribution in [3.05, 3.63) is 100 Å². The summed E-state index contributed by atoms with van der Waals surface area (Å²) >= 11 is 1.42. The van der Waals surface area contributed by atoms with Gasteiger partial charge in [-0.15, -0.1) is 11.3 Å². The molecule has 6 nitrogen and oxygen atoms in total. The molecule has 1 aliphatic heterocycles. The van der Waals surface area contributed by atoms with E-state index in [2.05, 4.69) is 17.4 Å². The van der Waals surface area contributed by atoms with Gasteiger partial charge < -0.3 is 10.2 Å². The first-order valence-corrected chi connectivity index (χ1v) is 12.8. The molecule has 0 saturated carbocycles. The molecule has 1 saturated heterocycles. The topological polar surface area (TPSA) is 67.2 Å². The van der Waals surface area contributed by atoms with Crippen molar-refractivity contribution in [1.29, 1.82) is 0 Å². The van der Waals surface area contributed by atoms with Crippen LogP contribution in [0.5, 0.6) is 0 Å². The van der Waals surface area contributed by atoms with Gasteiger partial charge in [-0.25, -0.2) is 0 Å². The van der Waals surface area contributed by atoms with E-state index in [1.807, 2.05) is 76.9 Å². The molecule has 1 unspecified atom stereocenters.